The third-order valence-corrected chi connectivity index (χ3v) is 9.59. The lowest BCUT2D eigenvalue weighted by atomic mass is 9.43. The largest absolute Gasteiger partial charge is 0.381 e. The second-order valence-corrected chi connectivity index (χ2v) is 11.8. The Morgan fingerprint density at radius 2 is 1.90 bits per heavy atom. The van der Waals surface area contributed by atoms with Crippen molar-refractivity contribution in [2.75, 3.05) is 12.3 Å². The lowest BCUT2D eigenvalue weighted by Gasteiger charge is -2.61. The van der Waals surface area contributed by atoms with Crippen molar-refractivity contribution in [2.24, 2.45) is 22.2 Å². The molecule has 0 amide bonds. The van der Waals surface area contributed by atoms with Gasteiger partial charge in [-0.3, -0.25) is 14.1 Å². The van der Waals surface area contributed by atoms with Crippen LogP contribution in [0.2, 0.25) is 0 Å². The first-order valence-corrected chi connectivity index (χ1v) is 12.3. The molecular formula is C23H31NO5S. The molecule has 4 aliphatic carbocycles. The van der Waals surface area contributed by atoms with Gasteiger partial charge in [0.15, 0.2) is 5.78 Å². The number of nitrogens with one attached hydrogen (secondary N) is 1. The van der Waals surface area contributed by atoms with Crippen LogP contribution in [-0.4, -0.2) is 36.8 Å². The maximum atomic E-state index is 13.5. The molecule has 2 N–H and O–H groups in total. The van der Waals surface area contributed by atoms with E-state index in [1.165, 1.54) is 11.6 Å². The average molecular weight is 434 g/mol. The van der Waals surface area contributed by atoms with Gasteiger partial charge >= 0.3 is 0 Å². The first-order valence-electron chi connectivity index (χ1n) is 10.7. The summed E-state index contributed by atoms with van der Waals surface area (Å²) in [6.07, 6.45) is 8.20. The highest BCUT2D eigenvalue weighted by Gasteiger charge is 2.66. The van der Waals surface area contributed by atoms with E-state index >= 15 is 0 Å². The monoisotopic (exact) mass is 433 g/mol. The summed E-state index contributed by atoms with van der Waals surface area (Å²) in [5.41, 5.74) is 2.36. The van der Waals surface area contributed by atoms with E-state index < -0.39 is 15.9 Å². The molecule has 0 aromatic heterocycles. The predicted octanol–water partition coefficient (Wildman–Crippen LogP) is 3.37. The Morgan fingerprint density at radius 3 is 2.57 bits per heavy atom. The van der Waals surface area contributed by atoms with Crippen LogP contribution in [0.3, 0.4) is 0 Å². The fraction of sp³-hybridized carbons (Fsp3) is 0.652. The normalized spacial score (nSPS) is 38.5. The molecule has 0 heterocycles. The summed E-state index contributed by atoms with van der Waals surface area (Å²) in [5, 5.41) is 2.78. The van der Waals surface area contributed by atoms with Gasteiger partial charge in [-0.2, -0.15) is 8.42 Å². The molecule has 7 heteroatoms. The van der Waals surface area contributed by atoms with Crippen LogP contribution in [0.25, 0.3) is 0 Å². The Hall–Kier alpha value is -1.73. The molecule has 4 atom stereocenters. The van der Waals surface area contributed by atoms with E-state index in [-0.39, 0.29) is 40.1 Å². The molecule has 30 heavy (non-hydrogen) atoms. The molecule has 6 nitrogen and oxygen atoms in total. The van der Waals surface area contributed by atoms with Crippen LogP contribution in [0.1, 0.15) is 59.8 Å². The number of carbonyl (C=O) groups excluding carboxylic acids is 2. The standard InChI is InChI=1S/C23H31NO5S/c1-14-6-5-7-18-21(14,2)8-9-22(3)19-15(13-23(18,22)4)17(25)12-16(20(19)26)24-10-11-30(27,28)29/h6,12,18,24H,5,7-11,13H2,1-4H3,(H,27,28,29). The van der Waals surface area contributed by atoms with E-state index in [2.05, 4.69) is 39.1 Å². The molecule has 0 radical (unpaired) electrons. The zero-order valence-corrected chi connectivity index (χ0v) is 19.0. The molecule has 1 saturated carbocycles. The van der Waals surface area contributed by atoms with Crippen LogP contribution in [-0.2, 0) is 19.7 Å². The SMILES string of the molecule is CC1=CCCC2C1(C)CCC1(C)C3=C(CC21C)C(=O)C=C(NCCS(=O)(=O)O)C3=O. The number of fused-ring (bicyclic) bond motifs is 4. The second kappa shape index (κ2) is 6.63. The number of ketones is 2. The molecule has 0 spiro atoms. The van der Waals surface area contributed by atoms with Crippen LogP contribution < -0.4 is 5.32 Å². The van der Waals surface area contributed by atoms with E-state index in [0.717, 1.165) is 25.7 Å². The van der Waals surface area contributed by atoms with E-state index in [1.807, 2.05) is 0 Å². The maximum Gasteiger partial charge on any atom is 0.266 e. The van der Waals surface area contributed by atoms with Gasteiger partial charge in [-0.25, -0.2) is 0 Å². The highest BCUT2D eigenvalue weighted by Crippen LogP contribution is 2.72. The van der Waals surface area contributed by atoms with Gasteiger partial charge in [0.1, 0.15) is 0 Å². The number of carbonyl (C=O) groups is 2. The average Bonchev–Trinajstić information content (AvgIpc) is 2.89. The van der Waals surface area contributed by atoms with Crippen LogP contribution in [0.5, 0.6) is 0 Å². The molecule has 0 aliphatic heterocycles. The Morgan fingerprint density at radius 1 is 1.20 bits per heavy atom. The van der Waals surface area contributed by atoms with Gasteiger partial charge < -0.3 is 5.32 Å². The van der Waals surface area contributed by atoms with Crippen molar-refractivity contribution in [3.63, 3.8) is 0 Å². The van der Waals surface area contributed by atoms with Gasteiger partial charge in [-0.15, -0.1) is 0 Å². The van der Waals surface area contributed by atoms with Gasteiger partial charge in [-0.1, -0.05) is 32.4 Å². The minimum atomic E-state index is -4.14. The zero-order valence-electron chi connectivity index (χ0n) is 18.2. The number of Topliss-reactive ketones (excluding diaryl/α,β-unsaturated/α-hetero) is 1. The van der Waals surface area contributed by atoms with Crippen LogP contribution in [0.15, 0.2) is 34.6 Å². The molecule has 164 valence electrons. The van der Waals surface area contributed by atoms with Crippen molar-refractivity contribution in [1.29, 1.82) is 0 Å². The number of hydrogen-bond donors (Lipinski definition) is 2. The van der Waals surface area contributed by atoms with Crippen LogP contribution in [0.4, 0.5) is 0 Å². The van der Waals surface area contributed by atoms with Gasteiger partial charge in [0.05, 0.1) is 11.4 Å². The van der Waals surface area contributed by atoms with Crippen LogP contribution in [0, 0.1) is 22.2 Å². The van der Waals surface area contributed by atoms with E-state index in [9.17, 15) is 18.0 Å². The number of hydrogen-bond acceptors (Lipinski definition) is 5. The lowest BCUT2D eigenvalue weighted by molar-refractivity contribution is -0.118. The van der Waals surface area contributed by atoms with Crippen molar-refractivity contribution in [3.05, 3.63) is 34.6 Å². The quantitative estimate of drug-likeness (QED) is 0.401. The molecule has 0 bridgehead atoms. The van der Waals surface area contributed by atoms with Gasteiger partial charge in [0.25, 0.3) is 10.1 Å². The Labute approximate surface area is 178 Å². The van der Waals surface area contributed by atoms with Gasteiger partial charge in [0, 0.05) is 29.2 Å². The minimum Gasteiger partial charge on any atom is -0.381 e. The third-order valence-electron chi connectivity index (χ3n) is 8.87. The molecule has 0 saturated heterocycles. The lowest BCUT2D eigenvalue weighted by Crippen LogP contribution is -2.54. The van der Waals surface area contributed by atoms with E-state index in [0.29, 0.717) is 23.5 Å². The highest BCUT2D eigenvalue weighted by atomic mass is 32.2. The first kappa shape index (κ1) is 21.5. The number of allylic oxidation sites excluding steroid dienone is 5. The van der Waals surface area contributed by atoms with Gasteiger partial charge in [-0.05, 0) is 55.8 Å². The summed E-state index contributed by atoms with van der Waals surface area (Å²) in [4.78, 5) is 26.5. The minimum absolute atomic E-state index is 0.0945. The summed E-state index contributed by atoms with van der Waals surface area (Å²) in [6, 6.07) is 0. The van der Waals surface area contributed by atoms with Crippen molar-refractivity contribution >= 4 is 21.7 Å². The molecular weight excluding hydrogens is 402 g/mol. The Bertz CT molecular complexity index is 1040. The first-order chi connectivity index (χ1) is 13.8. The predicted molar refractivity (Wildman–Crippen MR) is 114 cm³/mol. The zero-order chi connectivity index (χ0) is 22.1. The third kappa shape index (κ3) is 2.88. The summed E-state index contributed by atoms with van der Waals surface area (Å²) in [7, 11) is -4.14. The Balaban J connectivity index is 1.68. The fourth-order valence-electron chi connectivity index (χ4n) is 6.85. The summed E-state index contributed by atoms with van der Waals surface area (Å²) < 4.78 is 31.0. The summed E-state index contributed by atoms with van der Waals surface area (Å²) in [5.74, 6) is -0.465. The summed E-state index contributed by atoms with van der Waals surface area (Å²) >= 11 is 0. The Kier molecular flexibility index (Phi) is 4.75. The van der Waals surface area contributed by atoms with Crippen molar-refractivity contribution < 1.29 is 22.6 Å². The molecule has 4 unspecified atom stereocenters. The molecule has 4 rings (SSSR count). The van der Waals surface area contributed by atoms with Crippen molar-refractivity contribution in [3.8, 4) is 0 Å². The van der Waals surface area contributed by atoms with Gasteiger partial charge in [0.2, 0.25) is 5.78 Å². The van der Waals surface area contributed by atoms with Crippen molar-refractivity contribution in [2.45, 2.75) is 59.8 Å². The fourth-order valence-corrected chi connectivity index (χ4v) is 7.21. The molecule has 4 aliphatic rings. The summed E-state index contributed by atoms with van der Waals surface area (Å²) in [6.45, 7) is 8.85. The second-order valence-electron chi connectivity index (χ2n) is 10.2. The highest BCUT2D eigenvalue weighted by molar-refractivity contribution is 7.85. The maximum absolute atomic E-state index is 13.5. The molecule has 1 fully saturated rings. The van der Waals surface area contributed by atoms with E-state index in [4.69, 9.17) is 4.55 Å². The van der Waals surface area contributed by atoms with Crippen molar-refractivity contribution in [1.82, 2.24) is 5.32 Å². The van der Waals surface area contributed by atoms with Crippen LogP contribution >= 0.6 is 0 Å². The molecule has 0 aromatic carbocycles. The van der Waals surface area contributed by atoms with E-state index in [1.54, 1.807) is 0 Å². The topological polar surface area (TPSA) is 101 Å². The number of rotatable bonds is 4. The molecule has 0 aromatic rings. The smallest absolute Gasteiger partial charge is 0.266 e.